The Balaban J connectivity index is 1.65. The summed E-state index contributed by atoms with van der Waals surface area (Å²) in [6.07, 6.45) is 6.01. The molecule has 3 aromatic rings. The van der Waals surface area contributed by atoms with Crippen molar-refractivity contribution in [2.24, 2.45) is 0 Å². The van der Waals surface area contributed by atoms with Crippen LogP contribution >= 0.6 is 0 Å². The molecule has 0 unspecified atom stereocenters. The summed E-state index contributed by atoms with van der Waals surface area (Å²) >= 11 is 0. The summed E-state index contributed by atoms with van der Waals surface area (Å²) in [4.78, 5) is 33.2. The number of nitro groups is 1. The van der Waals surface area contributed by atoms with Crippen LogP contribution in [0.25, 0.3) is 5.82 Å². The van der Waals surface area contributed by atoms with E-state index in [2.05, 4.69) is 20.4 Å². The highest BCUT2D eigenvalue weighted by Gasteiger charge is 2.29. The monoisotopic (exact) mass is 467 g/mol. The maximum Gasteiger partial charge on any atom is 0.294 e. The second-order valence-electron chi connectivity index (χ2n) is 7.88. The Labute approximate surface area is 195 Å². The minimum Gasteiger partial charge on any atom is -0.494 e. The average Bonchev–Trinajstić information content (AvgIpc) is 3.60. The van der Waals surface area contributed by atoms with Crippen LogP contribution in [0.15, 0.2) is 30.6 Å². The standard InChI is InChI=1S/C22H25N7O5/c1-27(8-9-33-2)17-11-19(34-3)16(10-18(17)29(31)32)24-22-23-7-6-20(25-22)28-12-15(13-30)21(26-28)14-4-5-14/h6-7,10-14H,4-5,8-9H2,1-3H3,(H,23,24,25). The summed E-state index contributed by atoms with van der Waals surface area (Å²) in [6, 6.07) is 4.64. The fourth-order valence-corrected chi connectivity index (χ4v) is 3.57. The van der Waals surface area contributed by atoms with Crippen molar-refractivity contribution in [1.29, 1.82) is 0 Å². The number of methoxy groups -OCH3 is 2. The molecule has 0 saturated heterocycles. The molecule has 0 atom stereocenters. The molecular weight excluding hydrogens is 442 g/mol. The van der Waals surface area contributed by atoms with Gasteiger partial charge in [-0.15, -0.1) is 0 Å². The molecule has 0 bridgehead atoms. The summed E-state index contributed by atoms with van der Waals surface area (Å²) in [5.74, 6) is 1.35. The number of nitrogens with one attached hydrogen (secondary N) is 1. The Hall–Kier alpha value is -4.06. The Morgan fingerprint density at radius 1 is 1.35 bits per heavy atom. The van der Waals surface area contributed by atoms with E-state index in [-0.39, 0.29) is 11.6 Å². The molecule has 12 nitrogen and oxygen atoms in total. The first-order chi connectivity index (χ1) is 16.4. The van der Waals surface area contributed by atoms with E-state index >= 15 is 0 Å². The van der Waals surface area contributed by atoms with Crippen LogP contribution in [0.2, 0.25) is 0 Å². The third-order valence-electron chi connectivity index (χ3n) is 5.52. The molecule has 1 aromatic carbocycles. The molecule has 0 amide bonds. The summed E-state index contributed by atoms with van der Waals surface area (Å²) < 4.78 is 12.1. The van der Waals surface area contributed by atoms with Gasteiger partial charge >= 0.3 is 0 Å². The van der Waals surface area contributed by atoms with Gasteiger partial charge in [0, 0.05) is 57.2 Å². The fraction of sp³-hybridized carbons (Fsp3) is 0.364. The summed E-state index contributed by atoms with van der Waals surface area (Å²) in [5.41, 5.74) is 1.94. The second-order valence-corrected chi connectivity index (χ2v) is 7.88. The van der Waals surface area contributed by atoms with Gasteiger partial charge in [0.15, 0.2) is 12.1 Å². The van der Waals surface area contributed by atoms with E-state index in [0.29, 0.717) is 47.6 Å². The van der Waals surface area contributed by atoms with Crippen LogP contribution in [-0.2, 0) is 4.74 Å². The third-order valence-corrected chi connectivity index (χ3v) is 5.52. The first kappa shape index (κ1) is 23.1. The molecule has 12 heteroatoms. The molecule has 1 aliphatic carbocycles. The highest BCUT2D eigenvalue weighted by molar-refractivity contribution is 5.77. The Morgan fingerprint density at radius 2 is 2.15 bits per heavy atom. The van der Waals surface area contributed by atoms with E-state index in [1.165, 1.54) is 24.1 Å². The van der Waals surface area contributed by atoms with Crippen molar-refractivity contribution in [3.05, 3.63) is 52.0 Å². The first-order valence-electron chi connectivity index (χ1n) is 10.7. The largest absolute Gasteiger partial charge is 0.494 e. The van der Waals surface area contributed by atoms with Gasteiger partial charge in [-0.2, -0.15) is 10.1 Å². The number of nitrogens with zero attached hydrogens (tertiary/aromatic N) is 6. The minimum absolute atomic E-state index is 0.102. The van der Waals surface area contributed by atoms with E-state index in [4.69, 9.17) is 9.47 Å². The first-order valence-corrected chi connectivity index (χ1v) is 10.7. The maximum atomic E-state index is 11.8. The van der Waals surface area contributed by atoms with Crippen LogP contribution in [0, 0.1) is 10.1 Å². The van der Waals surface area contributed by atoms with Gasteiger partial charge in [-0.25, -0.2) is 9.67 Å². The van der Waals surface area contributed by atoms with Crippen LogP contribution < -0.4 is 15.0 Å². The topological polar surface area (TPSA) is 138 Å². The van der Waals surface area contributed by atoms with Gasteiger partial charge in [-0.1, -0.05) is 0 Å². The van der Waals surface area contributed by atoms with Crippen molar-refractivity contribution >= 4 is 29.3 Å². The molecule has 34 heavy (non-hydrogen) atoms. The van der Waals surface area contributed by atoms with E-state index in [9.17, 15) is 14.9 Å². The quantitative estimate of drug-likeness (QED) is 0.254. The summed E-state index contributed by atoms with van der Waals surface area (Å²) in [6.45, 7) is 0.881. The number of rotatable bonds is 11. The van der Waals surface area contributed by atoms with Crippen molar-refractivity contribution < 1.29 is 19.2 Å². The zero-order chi connectivity index (χ0) is 24.2. The molecule has 1 N–H and O–H groups in total. The van der Waals surface area contributed by atoms with Crippen molar-refractivity contribution in [3.63, 3.8) is 0 Å². The lowest BCUT2D eigenvalue weighted by Crippen LogP contribution is -2.23. The van der Waals surface area contributed by atoms with Gasteiger partial charge in [0.2, 0.25) is 5.95 Å². The van der Waals surface area contributed by atoms with Crippen molar-refractivity contribution in [3.8, 4) is 11.6 Å². The Morgan fingerprint density at radius 3 is 2.79 bits per heavy atom. The molecule has 0 aliphatic heterocycles. The van der Waals surface area contributed by atoms with Crippen LogP contribution in [0.5, 0.6) is 5.75 Å². The molecule has 2 heterocycles. The SMILES string of the molecule is COCCN(C)c1cc(OC)c(Nc2nccc(-n3cc(C=O)c(C4CC4)n3)n2)cc1[N+](=O)[O-]. The molecule has 1 saturated carbocycles. The van der Waals surface area contributed by atoms with Gasteiger partial charge in [-0.05, 0) is 12.8 Å². The number of aromatic nitrogens is 4. The van der Waals surface area contributed by atoms with Gasteiger partial charge in [0.1, 0.15) is 11.4 Å². The normalized spacial score (nSPS) is 12.9. The van der Waals surface area contributed by atoms with Crippen molar-refractivity contribution in [1.82, 2.24) is 19.7 Å². The lowest BCUT2D eigenvalue weighted by molar-refractivity contribution is -0.384. The fourth-order valence-electron chi connectivity index (χ4n) is 3.57. The van der Waals surface area contributed by atoms with Gasteiger partial charge in [0.05, 0.1) is 35.6 Å². The molecule has 1 aliphatic rings. The zero-order valence-electron chi connectivity index (χ0n) is 19.1. The number of likely N-dealkylation sites (N-methyl/N-ethyl adjacent to an activating group) is 1. The van der Waals surface area contributed by atoms with E-state index in [0.717, 1.165) is 24.8 Å². The molecule has 0 radical (unpaired) electrons. The number of hydrogen-bond acceptors (Lipinski definition) is 10. The Bertz CT molecular complexity index is 1210. The summed E-state index contributed by atoms with van der Waals surface area (Å²) in [7, 11) is 4.79. The third kappa shape index (κ3) is 4.81. The van der Waals surface area contributed by atoms with Gasteiger partial charge in [0.25, 0.3) is 5.69 Å². The van der Waals surface area contributed by atoms with Gasteiger partial charge in [-0.3, -0.25) is 14.9 Å². The van der Waals surface area contributed by atoms with E-state index < -0.39 is 4.92 Å². The van der Waals surface area contributed by atoms with E-state index in [1.807, 2.05) is 0 Å². The zero-order valence-corrected chi connectivity index (χ0v) is 19.1. The van der Waals surface area contributed by atoms with Crippen LogP contribution in [0.1, 0.15) is 34.8 Å². The minimum atomic E-state index is -0.454. The van der Waals surface area contributed by atoms with Crippen LogP contribution in [0.3, 0.4) is 0 Å². The summed E-state index contributed by atoms with van der Waals surface area (Å²) in [5, 5.41) is 19.3. The lowest BCUT2D eigenvalue weighted by atomic mass is 10.2. The number of benzene rings is 1. The molecule has 178 valence electrons. The van der Waals surface area contributed by atoms with Gasteiger partial charge < -0.3 is 19.7 Å². The lowest BCUT2D eigenvalue weighted by Gasteiger charge is -2.20. The molecule has 0 spiro atoms. The maximum absolute atomic E-state index is 11.8. The van der Waals surface area contributed by atoms with E-state index in [1.54, 1.807) is 37.4 Å². The molecule has 4 rings (SSSR count). The molecule has 1 fully saturated rings. The Kier molecular flexibility index (Phi) is 6.68. The van der Waals surface area contributed by atoms with Crippen LogP contribution in [0.4, 0.5) is 23.0 Å². The number of anilines is 3. The highest BCUT2D eigenvalue weighted by Crippen LogP contribution is 2.41. The number of carbonyl (C=O) groups is 1. The number of carbonyl (C=O) groups excluding carboxylic acids is 1. The number of nitro benzene ring substituents is 1. The highest BCUT2D eigenvalue weighted by atomic mass is 16.6. The predicted octanol–water partition coefficient (Wildman–Crippen LogP) is 3.10. The number of hydrogen-bond donors (Lipinski definition) is 1. The van der Waals surface area contributed by atoms with Crippen LogP contribution in [-0.4, -0.2) is 65.4 Å². The molecular formula is C22H25N7O5. The number of ether oxygens (including phenoxy) is 2. The second kappa shape index (κ2) is 9.83. The van der Waals surface area contributed by atoms with Crippen molar-refractivity contribution in [2.45, 2.75) is 18.8 Å². The molecule has 2 aromatic heterocycles. The number of aldehydes is 1. The predicted molar refractivity (Wildman–Crippen MR) is 125 cm³/mol. The smallest absolute Gasteiger partial charge is 0.294 e. The average molecular weight is 467 g/mol. The van der Waals surface area contributed by atoms with Crippen molar-refractivity contribution in [2.75, 3.05) is 44.6 Å².